The molecule has 0 saturated carbocycles. The highest BCUT2D eigenvalue weighted by Crippen LogP contribution is 2.45. The molecule has 0 aliphatic rings. The Morgan fingerprint density at radius 2 is 1.83 bits per heavy atom. The summed E-state index contributed by atoms with van der Waals surface area (Å²) in [7, 11) is -3.27. The van der Waals surface area contributed by atoms with Crippen molar-refractivity contribution in [1.82, 2.24) is 0 Å². The maximum atomic E-state index is 10.9. The second-order valence-electron chi connectivity index (χ2n) is 2.80. The Balaban J connectivity index is 4.69. The Hall–Kier alpha value is -0.380. The van der Waals surface area contributed by atoms with Crippen molar-refractivity contribution in [2.45, 2.75) is 19.5 Å². The van der Waals surface area contributed by atoms with Crippen LogP contribution in [0.15, 0.2) is 0 Å². The molecule has 0 fully saturated rings. The van der Waals surface area contributed by atoms with Gasteiger partial charge in [0.15, 0.2) is 5.66 Å². The molecule has 5 nitrogen and oxygen atoms in total. The first kappa shape index (κ1) is 11.6. The van der Waals surface area contributed by atoms with Gasteiger partial charge in [-0.1, -0.05) is 13.8 Å². The summed E-state index contributed by atoms with van der Waals surface area (Å²) in [4.78, 5) is 28.4. The van der Waals surface area contributed by atoms with Crippen molar-refractivity contribution in [2.24, 2.45) is 5.92 Å². The van der Waals surface area contributed by atoms with Gasteiger partial charge in [0.1, 0.15) is 0 Å². The second-order valence-corrected chi connectivity index (χ2v) is 4.54. The molecule has 0 aromatic rings. The SMILES string of the molecule is COC(=O)C(C(C)C)P(=O)(O)O. The zero-order valence-electron chi connectivity index (χ0n) is 7.22. The summed E-state index contributed by atoms with van der Waals surface area (Å²) < 4.78 is 15.0. The Morgan fingerprint density at radius 3 is 1.92 bits per heavy atom. The fourth-order valence-corrected chi connectivity index (χ4v) is 2.08. The van der Waals surface area contributed by atoms with Crippen LogP contribution in [0.4, 0.5) is 0 Å². The Labute approximate surface area is 70.9 Å². The lowest BCUT2D eigenvalue weighted by Crippen LogP contribution is -2.27. The zero-order chi connectivity index (χ0) is 9.94. The number of ether oxygens (including phenoxy) is 1. The molecule has 0 bridgehead atoms. The van der Waals surface area contributed by atoms with Gasteiger partial charge in [-0.25, -0.2) is 0 Å². The Morgan fingerprint density at radius 1 is 1.42 bits per heavy atom. The van der Waals surface area contributed by atoms with Crippen molar-refractivity contribution in [2.75, 3.05) is 7.11 Å². The third-order valence-corrected chi connectivity index (χ3v) is 2.97. The molecule has 0 spiro atoms. The smallest absolute Gasteiger partial charge is 0.340 e. The summed E-state index contributed by atoms with van der Waals surface area (Å²) in [5.41, 5.74) is -1.34. The predicted octanol–water partition coefficient (Wildman–Crippen LogP) is 0.362. The lowest BCUT2D eigenvalue weighted by Gasteiger charge is -2.18. The lowest BCUT2D eigenvalue weighted by molar-refractivity contribution is -0.141. The van der Waals surface area contributed by atoms with Gasteiger partial charge in [0, 0.05) is 0 Å². The van der Waals surface area contributed by atoms with Gasteiger partial charge in [-0.05, 0) is 5.92 Å². The van der Waals surface area contributed by atoms with Gasteiger partial charge in [0.05, 0.1) is 7.11 Å². The van der Waals surface area contributed by atoms with Crippen molar-refractivity contribution >= 4 is 13.6 Å². The molecule has 1 atom stereocenters. The number of hydrogen-bond donors (Lipinski definition) is 2. The molecule has 2 N–H and O–H groups in total. The predicted molar refractivity (Wildman–Crippen MR) is 42.7 cm³/mol. The third-order valence-electron chi connectivity index (χ3n) is 1.44. The fraction of sp³-hybridized carbons (Fsp3) is 0.833. The van der Waals surface area contributed by atoms with Gasteiger partial charge >= 0.3 is 13.6 Å². The quantitative estimate of drug-likeness (QED) is 0.503. The van der Waals surface area contributed by atoms with E-state index in [-0.39, 0.29) is 0 Å². The van der Waals surface area contributed by atoms with Crippen LogP contribution in [0, 0.1) is 5.92 Å². The van der Waals surface area contributed by atoms with Gasteiger partial charge in [-0.2, -0.15) is 0 Å². The van der Waals surface area contributed by atoms with Gasteiger partial charge in [-0.15, -0.1) is 0 Å². The highest BCUT2D eigenvalue weighted by molar-refractivity contribution is 7.53. The average Bonchev–Trinajstić information content (AvgIpc) is 1.83. The maximum absolute atomic E-state index is 10.9. The van der Waals surface area contributed by atoms with Crippen molar-refractivity contribution < 1.29 is 23.9 Å². The Kier molecular flexibility index (Phi) is 3.90. The van der Waals surface area contributed by atoms with E-state index in [1.165, 1.54) is 0 Å². The van der Waals surface area contributed by atoms with Crippen LogP contribution in [0.25, 0.3) is 0 Å². The number of carbonyl (C=O) groups is 1. The summed E-state index contributed by atoms with van der Waals surface area (Å²) in [6.45, 7) is 3.11. The summed E-state index contributed by atoms with van der Waals surface area (Å²) in [6, 6.07) is 0. The van der Waals surface area contributed by atoms with E-state index in [9.17, 15) is 9.36 Å². The molecular weight excluding hydrogens is 183 g/mol. The number of rotatable bonds is 3. The van der Waals surface area contributed by atoms with Crippen LogP contribution >= 0.6 is 7.60 Å². The number of hydrogen-bond acceptors (Lipinski definition) is 3. The minimum Gasteiger partial charge on any atom is -0.468 e. The fourth-order valence-electron chi connectivity index (χ4n) is 0.919. The number of esters is 1. The first-order valence-corrected chi connectivity index (χ1v) is 5.12. The van der Waals surface area contributed by atoms with Crippen LogP contribution in [0.3, 0.4) is 0 Å². The highest BCUT2D eigenvalue weighted by atomic mass is 31.2. The molecule has 0 heterocycles. The van der Waals surface area contributed by atoms with Crippen molar-refractivity contribution in [3.63, 3.8) is 0 Å². The molecule has 12 heavy (non-hydrogen) atoms. The topological polar surface area (TPSA) is 83.8 Å². The third kappa shape index (κ3) is 2.93. The molecule has 0 aliphatic carbocycles. The van der Waals surface area contributed by atoms with E-state index in [2.05, 4.69) is 4.74 Å². The van der Waals surface area contributed by atoms with E-state index < -0.39 is 25.1 Å². The summed E-state index contributed by atoms with van der Waals surface area (Å²) >= 11 is 0. The molecule has 0 aromatic carbocycles. The molecule has 0 radical (unpaired) electrons. The van der Waals surface area contributed by atoms with Crippen molar-refractivity contribution in [1.29, 1.82) is 0 Å². The summed E-state index contributed by atoms with van der Waals surface area (Å²) in [6.07, 6.45) is 0. The van der Waals surface area contributed by atoms with Crippen molar-refractivity contribution in [3.05, 3.63) is 0 Å². The molecule has 0 rings (SSSR count). The van der Waals surface area contributed by atoms with E-state index in [1.54, 1.807) is 13.8 Å². The lowest BCUT2D eigenvalue weighted by atomic mass is 10.1. The van der Waals surface area contributed by atoms with Gasteiger partial charge < -0.3 is 14.5 Å². The number of methoxy groups -OCH3 is 1. The van der Waals surface area contributed by atoms with E-state index in [4.69, 9.17) is 9.79 Å². The van der Waals surface area contributed by atoms with Crippen molar-refractivity contribution in [3.8, 4) is 0 Å². The normalized spacial score (nSPS) is 14.5. The molecule has 0 amide bonds. The van der Waals surface area contributed by atoms with Crippen LogP contribution in [-0.2, 0) is 14.1 Å². The van der Waals surface area contributed by atoms with Crippen LogP contribution in [0.2, 0.25) is 0 Å². The van der Waals surface area contributed by atoms with Gasteiger partial charge in [0.25, 0.3) is 0 Å². The highest BCUT2D eigenvalue weighted by Gasteiger charge is 2.38. The monoisotopic (exact) mass is 196 g/mol. The molecule has 0 aliphatic heterocycles. The molecule has 1 unspecified atom stereocenters. The molecular formula is C6H13O5P. The van der Waals surface area contributed by atoms with E-state index in [0.717, 1.165) is 7.11 Å². The first-order chi connectivity index (χ1) is 5.30. The van der Waals surface area contributed by atoms with Crippen LogP contribution in [0.1, 0.15) is 13.8 Å². The van der Waals surface area contributed by atoms with E-state index in [0.29, 0.717) is 0 Å². The summed E-state index contributed by atoms with van der Waals surface area (Å²) in [5, 5.41) is 0. The minimum atomic E-state index is -4.38. The Bertz CT molecular complexity index is 206. The van der Waals surface area contributed by atoms with E-state index >= 15 is 0 Å². The van der Waals surface area contributed by atoms with Crippen LogP contribution in [0.5, 0.6) is 0 Å². The molecule has 0 saturated heterocycles. The zero-order valence-corrected chi connectivity index (χ0v) is 8.12. The summed E-state index contributed by atoms with van der Waals surface area (Å²) in [5.74, 6) is -1.29. The largest absolute Gasteiger partial charge is 0.468 e. The van der Waals surface area contributed by atoms with Gasteiger partial charge in [0.2, 0.25) is 0 Å². The standard InChI is InChI=1S/C6H13O5P/c1-4(2)5(6(7)11-3)12(8,9)10/h4-5H,1-3H3,(H2,8,9,10). The molecule has 6 heteroatoms. The molecule has 0 aromatic heterocycles. The molecule has 72 valence electrons. The maximum Gasteiger partial charge on any atom is 0.340 e. The second kappa shape index (κ2) is 4.03. The van der Waals surface area contributed by atoms with E-state index in [1.807, 2.05) is 0 Å². The minimum absolute atomic E-state index is 0.432. The number of carbonyl (C=O) groups excluding carboxylic acids is 1. The average molecular weight is 196 g/mol. The first-order valence-electron chi connectivity index (χ1n) is 3.43. The van der Waals surface area contributed by atoms with Gasteiger partial charge in [-0.3, -0.25) is 9.36 Å². The van der Waals surface area contributed by atoms with Crippen LogP contribution in [-0.4, -0.2) is 28.5 Å². The van der Waals surface area contributed by atoms with Crippen LogP contribution < -0.4 is 0 Å².